The second-order valence-electron chi connectivity index (χ2n) is 4.68. The van der Waals surface area contributed by atoms with Crippen molar-refractivity contribution in [1.82, 2.24) is 0 Å². The lowest BCUT2D eigenvalue weighted by Gasteiger charge is -2.09. The van der Waals surface area contributed by atoms with Crippen molar-refractivity contribution in [3.8, 4) is 0 Å². The molecule has 0 saturated heterocycles. The highest BCUT2D eigenvalue weighted by Gasteiger charge is 2.11. The van der Waals surface area contributed by atoms with E-state index in [1.807, 2.05) is 0 Å². The number of benzene rings is 1. The molecule has 1 aromatic carbocycles. The first-order valence-corrected chi connectivity index (χ1v) is 8.88. The Balaban J connectivity index is 2.34. The lowest BCUT2D eigenvalue weighted by Crippen LogP contribution is -2.17. The fourth-order valence-electron chi connectivity index (χ4n) is 1.84. The molecule has 1 radical (unpaired) electrons. The SMILES string of the molecule is CCCCCCCCS(=O)(=O)Nc1ccccc1[S]. The highest BCUT2D eigenvalue weighted by atomic mass is 32.2. The third-order valence-corrected chi connectivity index (χ3v) is 4.63. The molecule has 0 bridgehead atoms. The molecule has 0 spiro atoms. The molecule has 0 aliphatic carbocycles. The molecule has 5 heteroatoms. The molecule has 0 atom stereocenters. The van der Waals surface area contributed by atoms with Gasteiger partial charge in [0.1, 0.15) is 0 Å². The molecular formula is C14H22NO2S2. The summed E-state index contributed by atoms with van der Waals surface area (Å²) in [4.78, 5) is 0.536. The number of unbranched alkanes of at least 4 members (excludes halogenated alkanes) is 5. The monoisotopic (exact) mass is 300 g/mol. The lowest BCUT2D eigenvalue weighted by molar-refractivity contribution is 0.588. The van der Waals surface area contributed by atoms with Gasteiger partial charge in [0.15, 0.2) is 0 Å². The van der Waals surface area contributed by atoms with Crippen LogP contribution in [0, 0.1) is 0 Å². The highest BCUT2D eigenvalue weighted by molar-refractivity contribution is 7.92. The van der Waals surface area contributed by atoms with Gasteiger partial charge >= 0.3 is 0 Å². The molecule has 1 aromatic rings. The Kier molecular flexibility index (Phi) is 7.16. The van der Waals surface area contributed by atoms with Crippen LogP contribution in [0.5, 0.6) is 0 Å². The number of anilines is 1. The summed E-state index contributed by atoms with van der Waals surface area (Å²) in [6.07, 6.45) is 6.42. The number of nitrogens with one attached hydrogen (secondary N) is 1. The van der Waals surface area contributed by atoms with E-state index in [0.717, 1.165) is 12.8 Å². The van der Waals surface area contributed by atoms with Crippen LogP contribution in [-0.2, 0) is 10.0 Å². The normalized spacial score (nSPS) is 11.4. The molecule has 0 fully saturated rings. The van der Waals surface area contributed by atoms with Gasteiger partial charge in [0.05, 0.1) is 16.3 Å². The van der Waals surface area contributed by atoms with E-state index in [0.29, 0.717) is 17.0 Å². The predicted molar refractivity (Wildman–Crippen MR) is 83.1 cm³/mol. The second kappa shape index (κ2) is 8.38. The number of rotatable bonds is 9. The van der Waals surface area contributed by atoms with Gasteiger partial charge in [0, 0.05) is 0 Å². The highest BCUT2D eigenvalue weighted by Crippen LogP contribution is 2.20. The van der Waals surface area contributed by atoms with Crippen LogP contribution in [0.25, 0.3) is 0 Å². The van der Waals surface area contributed by atoms with E-state index < -0.39 is 10.0 Å². The van der Waals surface area contributed by atoms with Crippen molar-refractivity contribution in [3.63, 3.8) is 0 Å². The van der Waals surface area contributed by atoms with Crippen molar-refractivity contribution in [2.75, 3.05) is 10.5 Å². The number of sulfonamides is 1. The van der Waals surface area contributed by atoms with Gasteiger partial charge in [-0.05, 0) is 18.6 Å². The first-order valence-electron chi connectivity index (χ1n) is 6.81. The fourth-order valence-corrected chi connectivity index (χ4v) is 3.30. The van der Waals surface area contributed by atoms with Gasteiger partial charge in [0.25, 0.3) is 0 Å². The summed E-state index contributed by atoms with van der Waals surface area (Å²) < 4.78 is 26.3. The van der Waals surface area contributed by atoms with Crippen molar-refractivity contribution in [2.24, 2.45) is 0 Å². The Morgan fingerprint density at radius 1 is 1.05 bits per heavy atom. The third kappa shape index (κ3) is 6.78. The maximum Gasteiger partial charge on any atom is 0.232 e. The van der Waals surface area contributed by atoms with Gasteiger partial charge in [0.2, 0.25) is 10.0 Å². The zero-order valence-electron chi connectivity index (χ0n) is 11.4. The largest absolute Gasteiger partial charge is 0.282 e. The van der Waals surface area contributed by atoms with Crippen LogP contribution >= 0.6 is 12.6 Å². The summed E-state index contributed by atoms with van der Waals surface area (Å²) in [6.45, 7) is 2.17. The van der Waals surface area contributed by atoms with Crippen molar-refractivity contribution >= 4 is 28.3 Å². The number of hydrogen-bond donors (Lipinski definition) is 1. The zero-order valence-corrected chi connectivity index (χ0v) is 13.0. The Hall–Kier alpha value is -0.810. The molecule has 0 aromatic heterocycles. The minimum Gasteiger partial charge on any atom is -0.282 e. The fraction of sp³-hybridized carbons (Fsp3) is 0.571. The van der Waals surface area contributed by atoms with Crippen LogP contribution < -0.4 is 4.72 Å². The van der Waals surface area contributed by atoms with E-state index in [1.54, 1.807) is 24.3 Å². The first-order chi connectivity index (χ1) is 9.05. The molecular weight excluding hydrogens is 278 g/mol. The van der Waals surface area contributed by atoms with Gasteiger partial charge in [-0.25, -0.2) is 8.42 Å². The topological polar surface area (TPSA) is 46.2 Å². The number of hydrogen-bond acceptors (Lipinski definition) is 2. The second-order valence-corrected chi connectivity index (χ2v) is 6.97. The van der Waals surface area contributed by atoms with Crippen molar-refractivity contribution in [2.45, 2.75) is 50.3 Å². The predicted octanol–water partition coefficient (Wildman–Crippen LogP) is 4.35. The maximum atomic E-state index is 11.9. The average molecular weight is 300 g/mol. The van der Waals surface area contributed by atoms with E-state index in [9.17, 15) is 8.42 Å². The maximum absolute atomic E-state index is 11.9. The molecule has 0 aliphatic rings. The van der Waals surface area contributed by atoms with Crippen molar-refractivity contribution in [1.29, 1.82) is 0 Å². The van der Waals surface area contributed by atoms with E-state index >= 15 is 0 Å². The Morgan fingerprint density at radius 3 is 2.37 bits per heavy atom. The Morgan fingerprint density at radius 2 is 1.68 bits per heavy atom. The summed E-state index contributed by atoms with van der Waals surface area (Å²) in [6, 6.07) is 6.99. The van der Waals surface area contributed by atoms with E-state index in [4.69, 9.17) is 12.6 Å². The summed E-state index contributed by atoms with van der Waals surface area (Å²) in [7, 11) is -3.27. The van der Waals surface area contributed by atoms with Crippen LogP contribution in [0.2, 0.25) is 0 Å². The van der Waals surface area contributed by atoms with Gasteiger partial charge < -0.3 is 0 Å². The molecule has 0 amide bonds. The minimum absolute atomic E-state index is 0.169. The Labute approximate surface area is 122 Å². The van der Waals surface area contributed by atoms with Crippen LogP contribution in [0.15, 0.2) is 29.2 Å². The zero-order chi connectivity index (χ0) is 14.1. The molecule has 107 valence electrons. The molecule has 0 unspecified atom stereocenters. The molecule has 0 heterocycles. The molecule has 0 aliphatic heterocycles. The van der Waals surface area contributed by atoms with E-state index in [1.165, 1.54) is 19.3 Å². The van der Waals surface area contributed by atoms with Gasteiger partial charge in [-0.3, -0.25) is 4.72 Å². The summed E-state index contributed by atoms with van der Waals surface area (Å²) in [5.74, 6) is 0.169. The quantitative estimate of drug-likeness (QED) is 0.689. The summed E-state index contributed by atoms with van der Waals surface area (Å²) in [5, 5.41) is 0. The molecule has 1 N–H and O–H groups in total. The van der Waals surface area contributed by atoms with E-state index in [2.05, 4.69) is 11.6 Å². The van der Waals surface area contributed by atoms with Gasteiger partial charge in [-0.15, -0.1) is 0 Å². The smallest absolute Gasteiger partial charge is 0.232 e. The molecule has 3 nitrogen and oxygen atoms in total. The van der Waals surface area contributed by atoms with Crippen molar-refractivity contribution in [3.05, 3.63) is 24.3 Å². The molecule has 19 heavy (non-hydrogen) atoms. The van der Waals surface area contributed by atoms with Crippen LogP contribution in [0.4, 0.5) is 5.69 Å². The summed E-state index contributed by atoms with van der Waals surface area (Å²) in [5.41, 5.74) is 0.503. The Bertz CT molecular complexity index is 472. The first kappa shape index (κ1) is 16.2. The minimum atomic E-state index is -3.27. The van der Waals surface area contributed by atoms with Crippen LogP contribution in [0.3, 0.4) is 0 Å². The number of para-hydroxylation sites is 1. The average Bonchev–Trinajstić information content (AvgIpc) is 2.36. The van der Waals surface area contributed by atoms with Crippen molar-refractivity contribution < 1.29 is 8.42 Å². The van der Waals surface area contributed by atoms with Gasteiger partial charge in [-0.2, -0.15) is 0 Å². The van der Waals surface area contributed by atoms with Gasteiger partial charge in [-0.1, -0.05) is 63.8 Å². The summed E-state index contributed by atoms with van der Waals surface area (Å²) >= 11 is 5.08. The standard InChI is InChI=1S/C14H22NO2S2/c1-2-3-4-5-6-9-12-19(16,17)15-13-10-7-8-11-14(13)18/h7-8,10-11,15H,2-6,9,12H2,1H3. The third-order valence-electron chi connectivity index (χ3n) is 2.92. The lowest BCUT2D eigenvalue weighted by atomic mass is 10.1. The van der Waals surface area contributed by atoms with Crippen LogP contribution in [-0.4, -0.2) is 14.2 Å². The molecule has 1 rings (SSSR count). The van der Waals surface area contributed by atoms with Crippen LogP contribution in [0.1, 0.15) is 45.4 Å². The molecule has 0 saturated carbocycles. The van der Waals surface area contributed by atoms with E-state index in [-0.39, 0.29) is 5.75 Å².